The van der Waals surface area contributed by atoms with E-state index in [0.29, 0.717) is 11.1 Å². The lowest BCUT2D eigenvalue weighted by Gasteiger charge is -2.23. The number of pyridine rings is 1. The van der Waals surface area contributed by atoms with E-state index in [9.17, 15) is 9.50 Å². The molecule has 0 aliphatic heterocycles. The number of hydrogen-bond donors (Lipinski definition) is 1. The molecule has 0 aliphatic carbocycles. The van der Waals surface area contributed by atoms with Crippen LogP contribution in [0, 0.1) is 5.82 Å². The van der Waals surface area contributed by atoms with Gasteiger partial charge in [0.1, 0.15) is 11.4 Å². The lowest BCUT2D eigenvalue weighted by molar-refractivity contribution is 0.101. The third-order valence-electron chi connectivity index (χ3n) is 2.60. The van der Waals surface area contributed by atoms with Gasteiger partial charge < -0.3 is 5.11 Å². The second-order valence-corrected chi connectivity index (χ2v) is 3.83. The standard InChI is InChI=1S/C13H12FNO/c1-13(16,10-5-3-2-4-6-10)11-7-12(14)9-15-8-11/h2-9,16H,1H3. The molecular weight excluding hydrogens is 205 g/mol. The quantitative estimate of drug-likeness (QED) is 0.838. The van der Waals surface area contributed by atoms with E-state index in [1.165, 1.54) is 12.3 Å². The van der Waals surface area contributed by atoms with Gasteiger partial charge in [-0.05, 0) is 18.6 Å². The van der Waals surface area contributed by atoms with Gasteiger partial charge in [0.05, 0.1) is 6.20 Å². The third kappa shape index (κ3) is 1.95. The largest absolute Gasteiger partial charge is 0.381 e. The van der Waals surface area contributed by atoms with Crippen LogP contribution in [0.4, 0.5) is 4.39 Å². The fourth-order valence-electron chi connectivity index (χ4n) is 1.61. The lowest BCUT2D eigenvalue weighted by atomic mass is 9.89. The predicted molar refractivity (Wildman–Crippen MR) is 59.3 cm³/mol. The summed E-state index contributed by atoms with van der Waals surface area (Å²) < 4.78 is 13.0. The summed E-state index contributed by atoms with van der Waals surface area (Å²) in [6.45, 7) is 1.62. The summed E-state index contributed by atoms with van der Waals surface area (Å²) in [5, 5.41) is 10.4. The number of aliphatic hydroxyl groups is 1. The summed E-state index contributed by atoms with van der Waals surface area (Å²) >= 11 is 0. The Bertz CT molecular complexity index is 482. The van der Waals surface area contributed by atoms with E-state index in [-0.39, 0.29) is 0 Å². The first-order chi connectivity index (χ1) is 7.60. The van der Waals surface area contributed by atoms with Gasteiger partial charge in [0.25, 0.3) is 0 Å². The first-order valence-electron chi connectivity index (χ1n) is 4.99. The molecule has 0 bridgehead atoms. The van der Waals surface area contributed by atoms with E-state index in [1.807, 2.05) is 18.2 Å². The van der Waals surface area contributed by atoms with Crippen LogP contribution in [0.15, 0.2) is 48.8 Å². The van der Waals surface area contributed by atoms with Crippen molar-refractivity contribution in [1.29, 1.82) is 0 Å². The van der Waals surface area contributed by atoms with Gasteiger partial charge in [-0.25, -0.2) is 4.39 Å². The molecule has 3 heteroatoms. The van der Waals surface area contributed by atoms with E-state index >= 15 is 0 Å². The van der Waals surface area contributed by atoms with Gasteiger partial charge in [0, 0.05) is 11.8 Å². The highest BCUT2D eigenvalue weighted by atomic mass is 19.1. The molecule has 0 radical (unpaired) electrons. The van der Waals surface area contributed by atoms with Crippen LogP contribution in [-0.2, 0) is 5.60 Å². The first kappa shape index (κ1) is 10.8. The smallest absolute Gasteiger partial charge is 0.141 e. The van der Waals surface area contributed by atoms with E-state index in [2.05, 4.69) is 4.98 Å². The molecular formula is C13H12FNO. The van der Waals surface area contributed by atoms with Crippen LogP contribution >= 0.6 is 0 Å². The Morgan fingerprint density at radius 2 is 1.81 bits per heavy atom. The van der Waals surface area contributed by atoms with Crippen molar-refractivity contribution in [3.05, 3.63) is 65.7 Å². The minimum atomic E-state index is -1.23. The van der Waals surface area contributed by atoms with Crippen molar-refractivity contribution in [2.24, 2.45) is 0 Å². The van der Waals surface area contributed by atoms with Crippen molar-refractivity contribution in [3.8, 4) is 0 Å². The van der Waals surface area contributed by atoms with E-state index < -0.39 is 11.4 Å². The lowest BCUT2D eigenvalue weighted by Crippen LogP contribution is -2.23. The minimum Gasteiger partial charge on any atom is -0.381 e. The zero-order chi connectivity index (χ0) is 11.6. The summed E-state index contributed by atoms with van der Waals surface area (Å²) in [5.41, 5.74) is -0.0720. The summed E-state index contributed by atoms with van der Waals surface area (Å²) in [6, 6.07) is 10.4. The average Bonchev–Trinajstić information content (AvgIpc) is 2.30. The maximum absolute atomic E-state index is 13.0. The normalized spacial score (nSPS) is 14.4. The number of nitrogens with zero attached hydrogens (tertiary/aromatic N) is 1. The SMILES string of the molecule is CC(O)(c1ccccc1)c1cncc(F)c1. The van der Waals surface area contributed by atoms with Crippen molar-refractivity contribution in [1.82, 2.24) is 4.98 Å². The van der Waals surface area contributed by atoms with Crippen molar-refractivity contribution in [2.45, 2.75) is 12.5 Å². The van der Waals surface area contributed by atoms with Crippen LogP contribution in [0.5, 0.6) is 0 Å². The van der Waals surface area contributed by atoms with Crippen LogP contribution in [0.25, 0.3) is 0 Å². The molecule has 0 amide bonds. The highest BCUT2D eigenvalue weighted by Crippen LogP contribution is 2.28. The topological polar surface area (TPSA) is 33.1 Å². The fourth-order valence-corrected chi connectivity index (χ4v) is 1.61. The Morgan fingerprint density at radius 3 is 2.44 bits per heavy atom. The van der Waals surface area contributed by atoms with Crippen molar-refractivity contribution in [3.63, 3.8) is 0 Å². The maximum Gasteiger partial charge on any atom is 0.141 e. The van der Waals surface area contributed by atoms with Crippen molar-refractivity contribution >= 4 is 0 Å². The first-order valence-corrected chi connectivity index (χ1v) is 4.99. The van der Waals surface area contributed by atoms with Gasteiger partial charge in [0.2, 0.25) is 0 Å². The predicted octanol–water partition coefficient (Wildman–Crippen LogP) is 2.48. The average molecular weight is 217 g/mol. The molecule has 1 aromatic heterocycles. The van der Waals surface area contributed by atoms with Crippen LogP contribution in [0.3, 0.4) is 0 Å². The van der Waals surface area contributed by atoms with Crippen LogP contribution in [0.2, 0.25) is 0 Å². The van der Waals surface area contributed by atoms with E-state index in [0.717, 1.165) is 6.20 Å². The number of rotatable bonds is 2. The van der Waals surface area contributed by atoms with E-state index in [4.69, 9.17) is 0 Å². The molecule has 1 aromatic carbocycles. The summed E-state index contributed by atoms with van der Waals surface area (Å²) in [6.07, 6.45) is 2.58. The molecule has 1 heterocycles. The molecule has 2 aromatic rings. The van der Waals surface area contributed by atoms with Gasteiger partial charge >= 0.3 is 0 Å². The van der Waals surface area contributed by atoms with Gasteiger partial charge in [-0.15, -0.1) is 0 Å². The fraction of sp³-hybridized carbons (Fsp3) is 0.154. The molecule has 0 fully saturated rings. The molecule has 2 rings (SSSR count). The minimum absolute atomic E-state index is 0.443. The van der Waals surface area contributed by atoms with Gasteiger partial charge in [-0.3, -0.25) is 4.98 Å². The molecule has 0 saturated heterocycles. The monoisotopic (exact) mass is 217 g/mol. The molecule has 0 spiro atoms. The molecule has 16 heavy (non-hydrogen) atoms. The van der Waals surface area contributed by atoms with Gasteiger partial charge in [-0.1, -0.05) is 30.3 Å². The van der Waals surface area contributed by atoms with Gasteiger partial charge in [0.15, 0.2) is 0 Å². The Labute approximate surface area is 93.4 Å². The number of aromatic nitrogens is 1. The van der Waals surface area contributed by atoms with Crippen molar-refractivity contribution < 1.29 is 9.50 Å². The van der Waals surface area contributed by atoms with E-state index in [1.54, 1.807) is 19.1 Å². The zero-order valence-electron chi connectivity index (χ0n) is 8.89. The number of hydrogen-bond acceptors (Lipinski definition) is 2. The third-order valence-corrected chi connectivity index (χ3v) is 2.60. The van der Waals surface area contributed by atoms with Crippen LogP contribution in [-0.4, -0.2) is 10.1 Å². The van der Waals surface area contributed by atoms with Crippen molar-refractivity contribution in [2.75, 3.05) is 0 Å². The van der Waals surface area contributed by atoms with Crippen LogP contribution < -0.4 is 0 Å². The Balaban J connectivity index is 2.47. The molecule has 0 saturated carbocycles. The Kier molecular flexibility index (Phi) is 2.71. The molecule has 1 atom stereocenters. The summed E-state index contributed by atoms with van der Waals surface area (Å²) in [4.78, 5) is 3.74. The highest BCUT2D eigenvalue weighted by Gasteiger charge is 2.25. The van der Waals surface area contributed by atoms with Gasteiger partial charge in [-0.2, -0.15) is 0 Å². The maximum atomic E-state index is 13.0. The Morgan fingerprint density at radius 1 is 1.12 bits per heavy atom. The molecule has 1 N–H and O–H groups in total. The second-order valence-electron chi connectivity index (χ2n) is 3.83. The zero-order valence-corrected chi connectivity index (χ0v) is 8.89. The highest BCUT2D eigenvalue weighted by molar-refractivity contribution is 5.33. The summed E-state index contributed by atoms with van der Waals surface area (Å²) in [5.74, 6) is -0.450. The number of benzene rings is 1. The molecule has 2 nitrogen and oxygen atoms in total. The second kappa shape index (κ2) is 4.02. The number of halogens is 1. The molecule has 1 unspecified atom stereocenters. The molecule has 82 valence electrons. The summed E-state index contributed by atoms with van der Waals surface area (Å²) in [7, 11) is 0. The van der Waals surface area contributed by atoms with Crippen LogP contribution in [0.1, 0.15) is 18.1 Å². The Hall–Kier alpha value is -1.74. The molecule has 0 aliphatic rings.